The van der Waals surface area contributed by atoms with E-state index < -0.39 is 0 Å². The summed E-state index contributed by atoms with van der Waals surface area (Å²) in [6.07, 6.45) is 4.00. The van der Waals surface area contributed by atoms with Crippen molar-refractivity contribution in [3.8, 4) is 0 Å². The van der Waals surface area contributed by atoms with Crippen LogP contribution in [0.15, 0.2) is 6.07 Å². The number of fused-ring (bicyclic) bond motifs is 1. The van der Waals surface area contributed by atoms with Gasteiger partial charge in [-0.1, -0.05) is 13.8 Å². The second-order valence-electron chi connectivity index (χ2n) is 5.10. The molecule has 0 bridgehead atoms. The van der Waals surface area contributed by atoms with E-state index in [0.717, 1.165) is 43.6 Å². The van der Waals surface area contributed by atoms with Gasteiger partial charge in [0.15, 0.2) is 0 Å². The molecule has 0 N–H and O–H groups in total. The molecule has 0 saturated heterocycles. The monoisotopic (exact) mass is 276 g/mol. The molecule has 1 aliphatic rings. The second-order valence-corrected chi connectivity index (χ2v) is 5.10. The Morgan fingerprint density at radius 3 is 2.80 bits per heavy atom. The van der Waals surface area contributed by atoms with Crippen LogP contribution in [0.1, 0.15) is 44.1 Å². The predicted octanol–water partition coefficient (Wildman–Crippen LogP) is 2.52. The topological polar surface area (TPSA) is 42.4 Å². The van der Waals surface area contributed by atoms with Gasteiger partial charge in [0.05, 0.1) is 18.0 Å². The molecule has 0 aromatic carbocycles. The zero-order chi connectivity index (χ0) is 14.5. The molecule has 0 saturated carbocycles. The molecule has 1 aromatic rings. The molecule has 0 unspecified atom stereocenters. The zero-order valence-electron chi connectivity index (χ0n) is 12.7. The molecule has 2 rings (SSSR count). The Morgan fingerprint density at radius 1 is 1.35 bits per heavy atom. The summed E-state index contributed by atoms with van der Waals surface area (Å²) in [6, 6.07) is 2.22. The molecule has 4 heteroatoms. The maximum Gasteiger partial charge on any atom is 0.325 e. The van der Waals surface area contributed by atoms with Crippen LogP contribution in [-0.4, -0.2) is 30.6 Å². The van der Waals surface area contributed by atoms with Gasteiger partial charge in [0.1, 0.15) is 6.54 Å². The number of carbonyl (C=O) groups excluding carboxylic acids is 1. The molecule has 1 aliphatic heterocycles. The van der Waals surface area contributed by atoms with Crippen molar-refractivity contribution in [3.05, 3.63) is 23.0 Å². The number of pyridine rings is 1. The molecule has 0 spiro atoms. The fourth-order valence-corrected chi connectivity index (χ4v) is 2.78. The summed E-state index contributed by atoms with van der Waals surface area (Å²) < 4.78 is 5.06. The number of rotatable bonds is 5. The van der Waals surface area contributed by atoms with Gasteiger partial charge in [-0.05, 0) is 44.2 Å². The zero-order valence-corrected chi connectivity index (χ0v) is 12.7. The minimum absolute atomic E-state index is 0.155. The number of hydrogen-bond acceptors (Lipinski definition) is 4. The van der Waals surface area contributed by atoms with E-state index in [1.54, 1.807) is 0 Å². The smallest absolute Gasteiger partial charge is 0.325 e. The predicted molar refractivity (Wildman–Crippen MR) is 80.2 cm³/mol. The van der Waals surface area contributed by atoms with E-state index in [2.05, 4.69) is 24.8 Å². The Morgan fingerprint density at radius 2 is 2.15 bits per heavy atom. The maximum absolute atomic E-state index is 11.7. The van der Waals surface area contributed by atoms with Gasteiger partial charge < -0.3 is 9.64 Å². The van der Waals surface area contributed by atoms with E-state index in [1.807, 2.05) is 6.92 Å². The van der Waals surface area contributed by atoms with Crippen LogP contribution in [0.25, 0.3) is 0 Å². The number of aromatic nitrogens is 1. The van der Waals surface area contributed by atoms with E-state index >= 15 is 0 Å². The highest BCUT2D eigenvalue weighted by atomic mass is 16.5. The van der Waals surface area contributed by atoms with Gasteiger partial charge in [0.25, 0.3) is 0 Å². The summed E-state index contributed by atoms with van der Waals surface area (Å²) >= 11 is 0. The molecular weight excluding hydrogens is 252 g/mol. The van der Waals surface area contributed by atoms with Crippen molar-refractivity contribution in [3.63, 3.8) is 0 Å². The molecule has 0 amide bonds. The number of aryl methyl sites for hydroxylation is 3. The summed E-state index contributed by atoms with van der Waals surface area (Å²) in [5, 5.41) is 0. The lowest BCUT2D eigenvalue weighted by Crippen LogP contribution is -2.35. The average molecular weight is 276 g/mol. The van der Waals surface area contributed by atoms with Crippen molar-refractivity contribution in [1.29, 1.82) is 0 Å². The van der Waals surface area contributed by atoms with Gasteiger partial charge in [0, 0.05) is 12.2 Å². The van der Waals surface area contributed by atoms with Crippen molar-refractivity contribution >= 4 is 11.7 Å². The van der Waals surface area contributed by atoms with Gasteiger partial charge in [0.2, 0.25) is 0 Å². The molecule has 2 heterocycles. The minimum atomic E-state index is -0.155. The number of esters is 1. The van der Waals surface area contributed by atoms with Crippen molar-refractivity contribution in [2.45, 2.75) is 46.5 Å². The summed E-state index contributed by atoms with van der Waals surface area (Å²) in [6.45, 7) is 7.81. The van der Waals surface area contributed by atoms with Crippen LogP contribution < -0.4 is 4.90 Å². The highest BCUT2D eigenvalue weighted by molar-refractivity contribution is 5.76. The largest absolute Gasteiger partial charge is 0.465 e. The Bertz CT molecular complexity index is 486. The summed E-state index contributed by atoms with van der Waals surface area (Å²) in [7, 11) is 0. The fraction of sp³-hybridized carbons (Fsp3) is 0.625. The van der Waals surface area contributed by atoms with Crippen LogP contribution in [0, 0.1) is 0 Å². The summed E-state index contributed by atoms with van der Waals surface area (Å²) in [5.74, 6) is -0.155. The first-order valence-electron chi connectivity index (χ1n) is 7.61. The molecule has 1 aromatic heterocycles. The second kappa shape index (κ2) is 6.73. The van der Waals surface area contributed by atoms with Crippen LogP contribution in [0.2, 0.25) is 0 Å². The van der Waals surface area contributed by atoms with Crippen molar-refractivity contribution in [2.75, 3.05) is 24.6 Å². The maximum atomic E-state index is 11.7. The number of anilines is 1. The highest BCUT2D eigenvalue weighted by Gasteiger charge is 2.22. The third-order valence-corrected chi connectivity index (χ3v) is 3.77. The van der Waals surface area contributed by atoms with Crippen LogP contribution >= 0.6 is 0 Å². The Kier molecular flexibility index (Phi) is 4.99. The normalized spacial score (nSPS) is 14.1. The molecular formula is C16H24N2O2. The Labute approximate surface area is 121 Å². The molecule has 0 fully saturated rings. The molecule has 4 nitrogen and oxygen atoms in total. The van der Waals surface area contributed by atoms with E-state index in [0.29, 0.717) is 13.2 Å². The van der Waals surface area contributed by atoms with Crippen LogP contribution in [0.3, 0.4) is 0 Å². The number of ether oxygens (including phenoxy) is 1. The van der Waals surface area contributed by atoms with Crippen molar-refractivity contribution < 1.29 is 9.53 Å². The molecule has 110 valence electrons. The van der Waals surface area contributed by atoms with Crippen LogP contribution in [0.5, 0.6) is 0 Å². The third-order valence-electron chi connectivity index (χ3n) is 3.77. The van der Waals surface area contributed by atoms with Crippen molar-refractivity contribution in [1.82, 2.24) is 4.98 Å². The first-order chi connectivity index (χ1) is 9.69. The summed E-state index contributed by atoms with van der Waals surface area (Å²) in [4.78, 5) is 18.6. The highest BCUT2D eigenvalue weighted by Crippen LogP contribution is 2.28. The molecule has 0 radical (unpaired) electrons. The Hall–Kier alpha value is -1.58. The van der Waals surface area contributed by atoms with Gasteiger partial charge in [-0.25, -0.2) is 0 Å². The third kappa shape index (κ3) is 3.11. The number of carbonyl (C=O) groups is 1. The van der Waals surface area contributed by atoms with Crippen molar-refractivity contribution in [2.24, 2.45) is 0 Å². The van der Waals surface area contributed by atoms with E-state index in [-0.39, 0.29) is 5.97 Å². The first kappa shape index (κ1) is 14.8. The van der Waals surface area contributed by atoms with Gasteiger partial charge >= 0.3 is 5.97 Å². The summed E-state index contributed by atoms with van der Waals surface area (Å²) in [5.41, 5.74) is 4.75. The fourth-order valence-electron chi connectivity index (χ4n) is 2.78. The number of hydrogen-bond donors (Lipinski definition) is 0. The molecule has 0 aliphatic carbocycles. The van der Waals surface area contributed by atoms with E-state index in [9.17, 15) is 4.79 Å². The quantitative estimate of drug-likeness (QED) is 0.775. The van der Waals surface area contributed by atoms with Gasteiger partial charge in [-0.3, -0.25) is 9.78 Å². The standard InChI is InChI=1S/C16H24N2O2/c1-4-12-10-15-14(17-13(12)5-2)8-7-9-18(15)11-16(19)20-6-3/h10H,4-9,11H2,1-3H3. The average Bonchev–Trinajstić information content (AvgIpc) is 2.46. The molecule has 20 heavy (non-hydrogen) atoms. The van der Waals surface area contributed by atoms with Gasteiger partial charge in [-0.15, -0.1) is 0 Å². The Balaban J connectivity index is 2.27. The van der Waals surface area contributed by atoms with E-state index in [4.69, 9.17) is 9.72 Å². The lowest BCUT2D eigenvalue weighted by atomic mass is 10.0. The first-order valence-corrected chi connectivity index (χ1v) is 7.61. The minimum Gasteiger partial charge on any atom is -0.465 e. The lowest BCUT2D eigenvalue weighted by Gasteiger charge is -2.30. The van der Waals surface area contributed by atoms with Crippen LogP contribution in [-0.2, 0) is 28.8 Å². The van der Waals surface area contributed by atoms with E-state index in [1.165, 1.54) is 11.3 Å². The van der Waals surface area contributed by atoms with Crippen LogP contribution in [0.4, 0.5) is 5.69 Å². The van der Waals surface area contributed by atoms with Gasteiger partial charge in [-0.2, -0.15) is 0 Å². The number of nitrogens with zero attached hydrogens (tertiary/aromatic N) is 2. The molecule has 0 atom stereocenters. The SMILES string of the molecule is CCOC(=O)CN1CCCc2nc(CC)c(CC)cc21. The lowest BCUT2D eigenvalue weighted by molar-refractivity contribution is -0.141.